The van der Waals surface area contributed by atoms with Gasteiger partial charge >= 0.3 is 0 Å². The Morgan fingerprint density at radius 3 is 1.83 bits per heavy atom. The van der Waals surface area contributed by atoms with E-state index in [0.29, 0.717) is 0 Å². The van der Waals surface area contributed by atoms with Crippen LogP contribution in [0.25, 0.3) is 32.8 Å². The summed E-state index contributed by atoms with van der Waals surface area (Å²) >= 11 is 1.94. The van der Waals surface area contributed by atoms with Gasteiger partial charge in [-0.15, -0.1) is 29.3 Å². The smallest absolute Gasteiger partial charge is 0.164 e. The fraction of sp³-hybridized carbons (Fsp3) is 0.551. The summed E-state index contributed by atoms with van der Waals surface area (Å²) < 4.78 is 0. The van der Waals surface area contributed by atoms with E-state index in [-0.39, 0.29) is 58.7 Å². The van der Waals surface area contributed by atoms with Gasteiger partial charge in [0.2, 0.25) is 0 Å². The number of carbonyl (C=O) groups excluding carboxylic acids is 1. The summed E-state index contributed by atoms with van der Waals surface area (Å²) in [7, 11) is 0. The van der Waals surface area contributed by atoms with Gasteiger partial charge in [0.1, 0.15) is 5.76 Å². The quantitative estimate of drug-likeness (QED) is 0.0861. The van der Waals surface area contributed by atoms with Crippen LogP contribution in [0.3, 0.4) is 0 Å². The maximum absolute atomic E-state index is 12.2. The molecule has 0 atom stereocenters. The zero-order valence-electron chi connectivity index (χ0n) is 36.1. The van der Waals surface area contributed by atoms with Gasteiger partial charge in [-0.1, -0.05) is 144 Å². The average molecular weight is 927 g/mol. The van der Waals surface area contributed by atoms with E-state index >= 15 is 0 Å². The Labute approximate surface area is 346 Å². The first kappa shape index (κ1) is 45.9. The van der Waals surface area contributed by atoms with Gasteiger partial charge in [-0.05, 0) is 94.6 Å². The van der Waals surface area contributed by atoms with E-state index < -0.39 is 0 Å². The number of carbonyl (C=O) groups is 1. The molecule has 54 heavy (non-hydrogen) atoms. The van der Waals surface area contributed by atoms with Crippen LogP contribution in [0.2, 0.25) is 0 Å². The number of fused-ring (bicyclic) bond motifs is 3. The van der Waals surface area contributed by atoms with Crippen molar-refractivity contribution in [2.24, 2.45) is 27.1 Å². The molecule has 0 aliphatic carbocycles. The third-order valence-corrected chi connectivity index (χ3v) is 12.5. The average Bonchev–Trinajstić information content (AvgIpc) is 3.06. The van der Waals surface area contributed by atoms with E-state index in [9.17, 15) is 9.90 Å². The molecule has 0 saturated heterocycles. The summed E-state index contributed by atoms with van der Waals surface area (Å²) in [6.07, 6.45) is 9.89. The summed E-state index contributed by atoms with van der Waals surface area (Å²) in [6.45, 7) is 33.0. The molecule has 1 aliphatic rings. The van der Waals surface area contributed by atoms with Gasteiger partial charge in [0.25, 0.3) is 0 Å². The SMILES string of the molecule is CC(C)(C)Cc1ccc2c(CC(C)(C)C)c3c([c-]c2c1)-c1nccc2cc(CC(C)(C)C)cc(c12)S3.CCC(C)(CC)C(=O)/C=C(\O)C(C)(CC)CC.[Ir]. The van der Waals surface area contributed by atoms with E-state index in [1.165, 1.54) is 59.7 Å². The van der Waals surface area contributed by atoms with E-state index in [4.69, 9.17) is 4.98 Å². The molecule has 0 spiro atoms. The fourth-order valence-corrected chi connectivity index (χ4v) is 8.55. The van der Waals surface area contributed by atoms with Gasteiger partial charge in [-0.25, -0.2) is 0 Å². The Morgan fingerprint density at radius 1 is 0.741 bits per heavy atom. The molecule has 1 aliphatic heterocycles. The van der Waals surface area contributed by atoms with Crippen molar-refractivity contribution in [1.82, 2.24) is 4.98 Å². The molecule has 1 N–H and O–H groups in total. The third-order valence-electron chi connectivity index (χ3n) is 11.3. The number of aliphatic hydroxyl groups is 1. The number of benzene rings is 3. The molecule has 0 saturated carbocycles. The number of hydrogen-bond acceptors (Lipinski definition) is 4. The standard InChI is InChI=1S/C34H40NS.C15H28O2.Ir/c1-32(2,3)18-21-10-11-25-24(14-21)17-26-30-29-23(12-13-35-30)15-22(19-33(4,5)6)16-28(29)36-31(26)27(25)20-34(7,8)9;1-7-14(5,8-2)12(16)11-13(17)15(6,9-3)10-4;/h10-16H,18-20H2,1-9H3;11,16H,7-10H2,1-6H3;/q-1;;/b;12-11-;. The van der Waals surface area contributed by atoms with Gasteiger partial charge in [0.05, 0.1) is 0 Å². The Hall–Kier alpha value is -2.46. The fourth-order valence-electron chi connectivity index (χ4n) is 7.25. The molecule has 5 heteroatoms. The van der Waals surface area contributed by atoms with E-state index in [0.717, 1.165) is 50.6 Å². The second-order valence-electron chi connectivity index (χ2n) is 19.8. The van der Waals surface area contributed by atoms with Gasteiger partial charge in [0.15, 0.2) is 5.78 Å². The van der Waals surface area contributed by atoms with Gasteiger partial charge in [0, 0.05) is 53.8 Å². The van der Waals surface area contributed by atoms with Gasteiger partial charge in [-0.2, -0.15) is 0 Å². The minimum absolute atomic E-state index is 0. The monoisotopic (exact) mass is 927 g/mol. The minimum Gasteiger partial charge on any atom is -0.512 e. The van der Waals surface area contributed by atoms with Crippen LogP contribution < -0.4 is 0 Å². The zero-order chi connectivity index (χ0) is 39.7. The molecule has 1 aromatic heterocycles. The van der Waals surface area contributed by atoms with Crippen molar-refractivity contribution in [3.8, 4) is 11.3 Å². The molecule has 297 valence electrons. The Balaban J connectivity index is 0.000000372. The second kappa shape index (κ2) is 17.4. The molecule has 0 amide bonds. The summed E-state index contributed by atoms with van der Waals surface area (Å²) in [5.41, 5.74) is 6.60. The van der Waals surface area contributed by atoms with E-state index in [1.54, 1.807) is 0 Å². The molecule has 0 unspecified atom stereocenters. The van der Waals surface area contributed by atoms with E-state index in [2.05, 4.69) is 105 Å². The first-order chi connectivity index (χ1) is 24.5. The summed E-state index contributed by atoms with van der Waals surface area (Å²) in [5, 5.41) is 15.3. The zero-order valence-corrected chi connectivity index (χ0v) is 39.3. The van der Waals surface area contributed by atoms with Crippen molar-refractivity contribution < 1.29 is 30.0 Å². The normalized spacial score (nSPS) is 13.6. The maximum Gasteiger partial charge on any atom is 0.164 e. The number of ketones is 1. The second-order valence-corrected chi connectivity index (χ2v) is 20.8. The summed E-state index contributed by atoms with van der Waals surface area (Å²) in [4.78, 5) is 19.8. The Kier molecular flexibility index (Phi) is 14.8. The molecule has 0 fully saturated rings. The first-order valence-corrected chi connectivity index (χ1v) is 20.8. The molecule has 1 radical (unpaired) electrons. The van der Waals surface area contributed by atoms with Crippen LogP contribution in [0, 0.1) is 33.1 Å². The molecule has 2 heterocycles. The number of nitrogens with zero attached hydrogens (tertiary/aromatic N) is 1. The summed E-state index contributed by atoms with van der Waals surface area (Å²) in [5.74, 6) is 0.286. The summed E-state index contributed by atoms with van der Waals surface area (Å²) in [6, 6.07) is 17.9. The van der Waals surface area contributed by atoms with Crippen LogP contribution >= 0.6 is 11.8 Å². The molecule has 3 nitrogen and oxygen atoms in total. The van der Waals surface area contributed by atoms with Crippen molar-refractivity contribution in [3.05, 3.63) is 77.2 Å². The van der Waals surface area contributed by atoms with Crippen LogP contribution in [0.1, 0.15) is 146 Å². The van der Waals surface area contributed by atoms with Crippen molar-refractivity contribution in [2.75, 3.05) is 0 Å². The molecule has 0 bridgehead atoms. The van der Waals surface area contributed by atoms with Gasteiger partial charge in [-0.3, -0.25) is 9.78 Å². The first-order valence-electron chi connectivity index (χ1n) is 20.0. The molecule has 4 aromatic rings. The van der Waals surface area contributed by atoms with Crippen LogP contribution in [0.4, 0.5) is 0 Å². The number of allylic oxidation sites excluding steroid dienone is 2. The Bertz CT molecular complexity index is 1980. The van der Waals surface area contributed by atoms with Crippen LogP contribution in [-0.4, -0.2) is 15.9 Å². The maximum atomic E-state index is 12.2. The number of hydrogen-bond donors (Lipinski definition) is 1. The van der Waals surface area contributed by atoms with Crippen LogP contribution in [0.5, 0.6) is 0 Å². The predicted octanol–water partition coefficient (Wildman–Crippen LogP) is 14.7. The molecular weight excluding hydrogens is 859 g/mol. The Morgan fingerprint density at radius 2 is 1.30 bits per heavy atom. The van der Waals surface area contributed by atoms with Crippen LogP contribution in [-0.2, 0) is 44.2 Å². The minimum atomic E-state index is -0.337. The number of pyridine rings is 1. The molecule has 3 aromatic carbocycles. The third kappa shape index (κ3) is 10.9. The van der Waals surface area contributed by atoms with Crippen LogP contribution in [0.15, 0.2) is 64.2 Å². The molecular formula is C49H68IrNO2S-. The van der Waals surface area contributed by atoms with Crippen molar-refractivity contribution in [3.63, 3.8) is 0 Å². The van der Waals surface area contributed by atoms with E-state index in [1.807, 2.05) is 59.5 Å². The topological polar surface area (TPSA) is 50.2 Å². The number of aromatic nitrogens is 1. The predicted molar refractivity (Wildman–Crippen MR) is 230 cm³/mol. The largest absolute Gasteiger partial charge is 0.512 e. The van der Waals surface area contributed by atoms with Crippen molar-refractivity contribution >= 4 is 39.1 Å². The van der Waals surface area contributed by atoms with Crippen molar-refractivity contribution in [1.29, 1.82) is 0 Å². The molecule has 5 rings (SSSR count). The number of rotatable bonds is 10. The van der Waals surface area contributed by atoms with Crippen molar-refractivity contribution in [2.45, 2.75) is 159 Å². The van der Waals surface area contributed by atoms with Gasteiger partial charge < -0.3 is 5.11 Å². The number of aliphatic hydroxyl groups excluding tert-OH is 1.